The highest BCUT2D eigenvalue weighted by Crippen LogP contribution is 2.31. The highest BCUT2D eigenvalue weighted by atomic mass is 79.9. The third-order valence-corrected chi connectivity index (χ3v) is 2.68. The molecule has 0 aliphatic heterocycles. The van der Waals surface area contributed by atoms with Crippen molar-refractivity contribution >= 4 is 26.8 Å². The molecule has 1 aromatic carbocycles. The average Bonchev–Trinajstić information content (AvgIpc) is 2.47. The van der Waals surface area contributed by atoms with E-state index in [2.05, 4.69) is 21.0 Å². The molecule has 3 nitrogen and oxygen atoms in total. The fraction of sp³-hybridized carbons (Fsp3) is 0.222. The van der Waals surface area contributed by atoms with Crippen LogP contribution in [-0.4, -0.2) is 16.9 Å². The minimum Gasteiger partial charge on any atom is -0.495 e. The van der Waals surface area contributed by atoms with Gasteiger partial charge in [-0.2, -0.15) is 5.10 Å². The van der Waals surface area contributed by atoms with E-state index in [9.17, 15) is 0 Å². The van der Waals surface area contributed by atoms with Crippen LogP contribution in [0.3, 0.4) is 0 Å². The summed E-state index contributed by atoms with van der Waals surface area (Å²) in [7, 11) is 3.55. The molecule has 0 unspecified atom stereocenters. The molecule has 0 fully saturated rings. The molecule has 0 radical (unpaired) electrons. The maximum absolute atomic E-state index is 5.17. The molecular weight excluding hydrogens is 232 g/mol. The summed E-state index contributed by atoms with van der Waals surface area (Å²) >= 11 is 3.45. The van der Waals surface area contributed by atoms with Crippen molar-refractivity contribution in [3.8, 4) is 5.75 Å². The standard InChI is InChI=1S/C9H9BrN2O/c1-12-5-6-3-4-7(13-2)8(10)9(6)11-12/h3-5H,1-2H3. The van der Waals surface area contributed by atoms with Gasteiger partial charge < -0.3 is 4.74 Å². The quantitative estimate of drug-likeness (QED) is 0.766. The summed E-state index contributed by atoms with van der Waals surface area (Å²) in [5.74, 6) is 0.811. The lowest BCUT2D eigenvalue weighted by atomic mass is 10.2. The number of benzene rings is 1. The van der Waals surface area contributed by atoms with Crippen LogP contribution in [0.4, 0.5) is 0 Å². The van der Waals surface area contributed by atoms with Crippen molar-refractivity contribution in [1.82, 2.24) is 9.78 Å². The lowest BCUT2D eigenvalue weighted by molar-refractivity contribution is 0.413. The van der Waals surface area contributed by atoms with Crippen molar-refractivity contribution in [2.75, 3.05) is 7.11 Å². The van der Waals surface area contributed by atoms with Gasteiger partial charge in [0.1, 0.15) is 11.3 Å². The van der Waals surface area contributed by atoms with Gasteiger partial charge in [-0.15, -0.1) is 0 Å². The molecule has 1 aromatic heterocycles. The van der Waals surface area contributed by atoms with Crippen molar-refractivity contribution in [3.63, 3.8) is 0 Å². The van der Waals surface area contributed by atoms with Crippen molar-refractivity contribution in [2.24, 2.45) is 7.05 Å². The van der Waals surface area contributed by atoms with Gasteiger partial charge in [0.15, 0.2) is 0 Å². The summed E-state index contributed by atoms with van der Waals surface area (Å²) in [6, 6.07) is 3.92. The van der Waals surface area contributed by atoms with Crippen LogP contribution in [0.25, 0.3) is 10.9 Å². The van der Waals surface area contributed by atoms with Gasteiger partial charge in [-0.1, -0.05) is 0 Å². The first-order valence-corrected chi connectivity index (χ1v) is 4.67. The largest absolute Gasteiger partial charge is 0.495 e. The summed E-state index contributed by atoms with van der Waals surface area (Å²) < 4.78 is 7.86. The first kappa shape index (κ1) is 8.56. The topological polar surface area (TPSA) is 27.1 Å². The minimum absolute atomic E-state index is 0.811. The van der Waals surface area contributed by atoms with E-state index in [4.69, 9.17) is 4.74 Å². The lowest BCUT2D eigenvalue weighted by Crippen LogP contribution is -1.87. The van der Waals surface area contributed by atoms with Crippen LogP contribution in [-0.2, 0) is 7.05 Å². The second-order valence-electron chi connectivity index (χ2n) is 2.82. The SMILES string of the molecule is COc1ccc2cn(C)nc2c1Br. The van der Waals surface area contributed by atoms with Crippen LogP contribution in [0.5, 0.6) is 5.75 Å². The molecule has 2 rings (SSSR count). The third-order valence-electron chi connectivity index (χ3n) is 1.92. The highest BCUT2D eigenvalue weighted by molar-refractivity contribution is 9.10. The number of ether oxygens (including phenoxy) is 1. The Morgan fingerprint density at radius 1 is 1.46 bits per heavy atom. The van der Waals surface area contributed by atoms with Gasteiger partial charge in [0.25, 0.3) is 0 Å². The second kappa shape index (κ2) is 3.03. The number of aryl methyl sites for hydroxylation is 1. The highest BCUT2D eigenvalue weighted by Gasteiger charge is 2.07. The number of methoxy groups -OCH3 is 1. The molecule has 0 spiro atoms. The Balaban J connectivity index is 2.78. The van der Waals surface area contributed by atoms with Crippen LogP contribution in [0.1, 0.15) is 0 Å². The van der Waals surface area contributed by atoms with Crippen molar-refractivity contribution in [1.29, 1.82) is 0 Å². The van der Waals surface area contributed by atoms with E-state index >= 15 is 0 Å². The number of aromatic nitrogens is 2. The van der Waals surface area contributed by atoms with Gasteiger partial charge in [-0.25, -0.2) is 0 Å². The molecule has 0 bridgehead atoms. The summed E-state index contributed by atoms with van der Waals surface area (Å²) in [5, 5.41) is 5.42. The molecule has 2 aromatic rings. The fourth-order valence-electron chi connectivity index (χ4n) is 1.31. The van der Waals surface area contributed by atoms with E-state index in [1.807, 2.05) is 25.4 Å². The Kier molecular flexibility index (Phi) is 2.00. The van der Waals surface area contributed by atoms with Crippen LogP contribution < -0.4 is 4.74 Å². The van der Waals surface area contributed by atoms with E-state index in [0.717, 1.165) is 21.1 Å². The molecule has 0 saturated carbocycles. The first-order valence-electron chi connectivity index (χ1n) is 3.88. The van der Waals surface area contributed by atoms with Crippen LogP contribution in [0.15, 0.2) is 22.8 Å². The Labute approximate surface area is 84.4 Å². The van der Waals surface area contributed by atoms with E-state index in [-0.39, 0.29) is 0 Å². The lowest BCUT2D eigenvalue weighted by Gasteiger charge is -2.01. The van der Waals surface area contributed by atoms with Gasteiger partial charge in [0, 0.05) is 18.6 Å². The zero-order valence-electron chi connectivity index (χ0n) is 7.41. The number of hydrogen-bond donors (Lipinski definition) is 0. The smallest absolute Gasteiger partial charge is 0.135 e. The molecule has 0 amide bonds. The second-order valence-corrected chi connectivity index (χ2v) is 3.62. The normalized spacial score (nSPS) is 10.7. The molecule has 13 heavy (non-hydrogen) atoms. The number of hydrogen-bond acceptors (Lipinski definition) is 2. The molecule has 0 N–H and O–H groups in total. The maximum atomic E-state index is 5.17. The average molecular weight is 241 g/mol. The number of halogens is 1. The molecule has 1 heterocycles. The van der Waals surface area contributed by atoms with Crippen LogP contribution in [0, 0.1) is 0 Å². The summed E-state index contributed by atoms with van der Waals surface area (Å²) in [6.45, 7) is 0. The van der Waals surface area contributed by atoms with Crippen molar-refractivity contribution in [3.05, 3.63) is 22.8 Å². The zero-order valence-corrected chi connectivity index (χ0v) is 9.00. The molecular formula is C9H9BrN2O. The molecule has 0 aliphatic carbocycles. The summed E-state index contributed by atoms with van der Waals surface area (Å²) in [4.78, 5) is 0. The van der Waals surface area contributed by atoms with Gasteiger partial charge in [-0.05, 0) is 28.1 Å². The zero-order chi connectivity index (χ0) is 9.42. The predicted octanol–water partition coefficient (Wildman–Crippen LogP) is 2.34. The molecule has 68 valence electrons. The predicted molar refractivity (Wildman–Crippen MR) is 55.0 cm³/mol. The van der Waals surface area contributed by atoms with Gasteiger partial charge in [0.05, 0.1) is 11.6 Å². The molecule has 0 aliphatic rings. The summed E-state index contributed by atoms with van der Waals surface area (Å²) in [6.07, 6.45) is 1.97. The van der Waals surface area contributed by atoms with E-state index in [1.54, 1.807) is 11.8 Å². The van der Waals surface area contributed by atoms with Crippen LogP contribution >= 0.6 is 15.9 Å². The van der Waals surface area contributed by atoms with E-state index in [0.29, 0.717) is 0 Å². The monoisotopic (exact) mass is 240 g/mol. The maximum Gasteiger partial charge on any atom is 0.135 e. The molecule has 0 atom stereocenters. The van der Waals surface area contributed by atoms with Gasteiger partial charge in [-0.3, -0.25) is 4.68 Å². The Morgan fingerprint density at radius 2 is 2.23 bits per heavy atom. The van der Waals surface area contributed by atoms with Crippen molar-refractivity contribution < 1.29 is 4.74 Å². The van der Waals surface area contributed by atoms with Gasteiger partial charge >= 0.3 is 0 Å². The fourth-order valence-corrected chi connectivity index (χ4v) is 1.91. The van der Waals surface area contributed by atoms with Gasteiger partial charge in [0.2, 0.25) is 0 Å². The van der Waals surface area contributed by atoms with E-state index < -0.39 is 0 Å². The van der Waals surface area contributed by atoms with Crippen molar-refractivity contribution in [2.45, 2.75) is 0 Å². The minimum atomic E-state index is 0.811. The molecule has 4 heteroatoms. The number of rotatable bonds is 1. The summed E-state index contributed by atoms with van der Waals surface area (Å²) in [5.41, 5.74) is 0.932. The Hall–Kier alpha value is -1.03. The Morgan fingerprint density at radius 3 is 2.92 bits per heavy atom. The Bertz CT molecular complexity index is 450. The first-order chi connectivity index (χ1) is 6.22. The van der Waals surface area contributed by atoms with Crippen LogP contribution in [0.2, 0.25) is 0 Å². The number of nitrogens with zero attached hydrogens (tertiary/aromatic N) is 2. The number of fused-ring (bicyclic) bond motifs is 1. The van der Waals surface area contributed by atoms with E-state index in [1.165, 1.54) is 0 Å². The molecule has 0 saturated heterocycles. The third kappa shape index (κ3) is 1.31.